The van der Waals surface area contributed by atoms with E-state index in [1.165, 1.54) is 18.2 Å². The van der Waals surface area contributed by atoms with Gasteiger partial charge in [0, 0.05) is 16.7 Å². The number of benzene rings is 2. The highest BCUT2D eigenvalue weighted by molar-refractivity contribution is 7.89. The number of sulfonamides is 1. The van der Waals surface area contributed by atoms with Crippen LogP contribution in [0.5, 0.6) is 0 Å². The van der Waals surface area contributed by atoms with Crippen molar-refractivity contribution in [3.63, 3.8) is 0 Å². The summed E-state index contributed by atoms with van der Waals surface area (Å²) in [4.78, 5) is 9.48. The fourth-order valence-corrected chi connectivity index (χ4v) is 5.26. The average molecular weight is 526 g/mol. The highest BCUT2D eigenvalue weighted by atomic mass is 32.2. The number of nitrogens with zero attached hydrogens (tertiary/aromatic N) is 2. The van der Waals surface area contributed by atoms with Gasteiger partial charge in [0.2, 0.25) is 10.0 Å². The van der Waals surface area contributed by atoms with Crippen LogP contribution in [0.4, 0.5) is 13.2 Å². The molecule has 2 aromatic carbocycles. The molecule has 9 heteroatoms. The number of hydrogen-bond donors (Lipinski definition) is 1. The number of nitrogens with one attached hydrogen (secondary N) is 1. The maximum Gasteiger partial charge on any atom is 0.416 e. The Hall–Kier alpha value is -3.56. The fraction of sp³-hybridized carbons (Fsp3) is 0.214. The van der Waals surface area contributed by atoms with Crippen LogP contribution >= 0.6 is 0 Å². The van der Waals surface area contributed by atoms with Gasteiger partial charge in [0.15, 0.2) is 0 Å². The smallest absolute Gasteiger partial charge is 0.246 e. The minimum atomic E-state index is -4.41. The minimum Gasteiger partial charge on any atom is -0.246 e. The fourth-order valence-electron chi connectivity index (χ4n) is 3.80. The van der Waals surface area contributed by atoms with E-state index >= 15 is 0 Å². The molecule has 0 saturated heterocycles. The largest absolute Gasteiger partial charge is 0.416 e. The molecule has 0 saturated carbocycles. The van der Waals surface area contributed by atoms with Gasteiger partial charge in [-0.25, -0.2) is 23.1 Å². The molecule has 0 spiro atoms. The third kappa shape index (κ3) is 6.42. The molecule has 37 heavy (non-hydrogen) atoms. The Kier molecular flexibility index (Phi) is 6.96. The zero-order valence-corrected chi connectivity index (χ0v) is 21.6. The summed E-state index contributed by atoms with van der Waals surface area (Å²) in [5.74, 6) is 0. The Bertz CT molecular complexity index is 1540. The lowest BCUT2D eigenvalue weighted by Crippen LogP contribution is -2.40. The van der Waals surface area contributed by atoms with E-state index in [0.717, 1.165) is 17.7 Å². The summed E-state index contributed by atoms with van der Waals surface area (Å²) >= 11 is 0. The Balaban J connectivity index is 1.70. The van der Waals surface area contributed by atoms with Crippen molar-refractivity contribution >= 4 is 10.0 Å². The second kappa shape index (κ2) is 9.72. The Morgan fingerprint density at radius 3 is 1.95 bits per heavy atom. The van der Waals surface area contributed by atoms with Crippen LogP contribution in [0, 0.1) is 6.92 Å². The van der Waals surface area contributed by atoms with Gasteiger partial charge in [-0.15, -0.1) is 0 Å². The molecule has 0 atom stereocenters. The van der Waals surface area contributed by atoms with Crippen LogP contribution in [0.15, 0.2) is 83.8 Å². The molecule has 4 rings (SSSR count). The molecule has 0 aliphatic heterocycles. The Morgan fingerprint density at radius 1 is 0.703 bits per heavy atom. The van der Waals surface area contributed by atoms with Gasteiger partial charge in [-0.2, -0.15) is 13.2 Å². The lowest BCUT2D eigenvalue weighted by molar-refractivity contribution is -0.137. The van der Waals surface area contributed by atoms with Crippen molar-refractivity contribution in [2.24, 2.45) is 0 Å². The van der Waals surface area contributed by atoms with Crippen molar-refractivity contribution in [2.45, 2.75) is 44.3 Å². The van der Waals surface area contributed by atoms with Crippen molar-refractivity contribution in [1.82, 2.24) is 14.7 Å². The minimum absolute atomic E-state index is 0.130. The van der Waals surface area contributed by atoms with E-state index < -0.39 is 27.3 Å². The molecule has 192 valence electrons. The monoisotopic (exact) mass is 525 g/mol. The first-order valence-corrected chi connectivity index (χ1v) is 13.0. The van der Waals surface area contributed by atoms with E-state index in [0.29, 0.717) is 33.9 Å². The van der Waals surface area contributed by atoms with Gasteiger partial charge in [-0.05, 0) is 81.8 Å². The number of aromatic nitrogens is 2. The average Bonchev–Trinajstić information content (AvgIpc) is 2.82. The second-order valence-corrected chi connectivity index (χ2v) is 11.5. The molecule has 0 unspecified atom stereocenters. The van der Waals surface area contributed by atoms with E-state index in [4.69, 9.17) is 4.98 Å². The summed E-state index contributed by atoms with van der Waals surface area (Å²) in [5, 5.41) is 0. The summed E-state index contributed by atoms with van der Waals surface area (Å²) in [5.41, 5.74) is 2.88. The van der Waals surface area contributed by atoms with Gasteiger partial charge in [-0.3, -0.25) is 0 Å². The summed E-state index contributed by atoms with van der Waals surface area (Å²) in [6, 6.07) is 20.4. The van der Waals surface area contributed by atoms with Crippen molar-refractivity contribution in [1.29, 1.82) is 0 Å². The maximum atomic E-state index is 13.0. The van der Waals surface area contributed by atoms with Gasteiger partial charge in [0.1, 0.15) is 0 Å². The molecule has 2 aromatic heterocycles. The predicted octanol–water partition coefficient (Wildman–Crippen LogP) is 6.88. The molecule has 5 nitrogen and oxygen atoms in total. The quantitative estimate of drug-likeness (QED) is 0.308. The number of aryl methyl sites for hydroxylation is 1. The summed E-state index contributed by atoms with van der Waals surface area (Å²) < 4.78 is 67.1. The predicted molar refractivity (Wildman–Crippen MR) is 138 cm³/mol. The number of rotatable bonds is 5. The van der Waals surface area contributed by atoms with E-state index in [1.807, 2.05) is 13.0 Å². The molecule has 4 aromatic rings. The zero-order valence-electron chi connectivity index (χ0n) is 20.8. The molecule has 0 radical (unpaired) electrons. The summed E-state index contributed by atoms with van der Waals surface area (Å²) in [6.07, 6.45) is -4.41. The third-order valence-electron chi connectivity index (χ3n) is 5.37. The van der Waals surface area contributed by atoms with Gasteiger partial charge in [0.05, 0.1) is 33.2 Å². The molecule has 0 fully saturated rings. The third-order valence-corrected chi connectivity index (χ3v) is 7.13. The molecular formula is C28H26F3N3O2S. The van der Waals surface area contributed by atoms with Crippen molar-refractivity contribution in [3.05, 3.63) is 90.0 Å². The summed E-state index contributed by atoms with van der Waals surface area (Å²) in [6.45, 7) is 7.19. The molecular weight excluding hydrogens is 499 g/mol. The second-order valence-electron chi connectivity index (χ2n) is 9.78. The van der Waals surface area contributed by atoms with Gasteiger partial charge in [0.25, 0.3) is 0 Å². The first-order chi connectivity index (χ1) is 17.2. The molecule has 0 aliphatic carbocycles. The van der Waals surface area contributed by atoms with Crippen LogP contribution in [0.1, 0.15) is 31.9 Å². The van der Waals surface area contributed by atoms with Crippen LogP contribution in [0.2, 0.25) is 0 Å². The number of alkyl halides is 3. The Morgan fingerprint density at radius 2 is 1.30 bits per heavy atom. The zero-order chi connectivity index (χ0) is 27.0. The van der Waals surface area contributed by atoms with Gasteiger partial charge >= 0.3 is 6.18 Å². The highest BCUT2D eigenvalue weighted by Crippen LogP contribution is 2.32. The Labute approximate surface area is 214 Å². The van der Waals surface area contributed by atoms with E-state index in [9.17, 15) is 21.6 Å². The standard InChI is InChI=1S/C28H26F3N3O2S/c1-18-15-25(19-11-13-21(14-12-19)28(29,30)31)33-26(16-18)24-10-6-9-23(32-24)20-7-5-8-22(17-20)37(35,36)34-27(2,3)4/h5-17,34H,1-4H3. The SMILES string of the molecule is Cc1cc(-c2ccc(C(F)(F)F)cc2)nc(-c2cccc(-c3cccc(S(=O)(=O)NC(C)(C)C)c3)n2)c1. The van der Waals surface area contributed by atoms with Crippen molar-refractivity contribution < 1.29 is 21.6 Å². The molecule has 0 amide bonds. The topological polar surface area (TPSA) is 72.0 Å². The summed E-state index contributed by atoms with van der Waals surface area (Å²) in [7, 11) is -3.73. The number of hydrogen-bond acceptors (Lipinski definition) is 4. The van der Waals surface area contributed by atoms with E-state index in [2.05, 4.69) is 9.71 Å². The lowest BCUT2D eigenvalue weighted by atomic mass is 10.1. The number of halogens is 3. The highest BCUT2D eigenvalue weighted by Gasteiger charge is 2.30. The van der Waals surface area contributed by atoms with Crippen LogP contribution in [-0.2, 0) is 16.2 Å². The molecule has 0 aliphatic rings. The first-order valence-electron chi connectivity index (χ1n) is 11.5. The molecule has 2 heterocycles. The van der Waals surface area contributed by atoms with Gasteiger partial charge < -0.3 is 0 Å². The molecule has 0 bridgehead atoms. The van der Waals surface area contributed by atoms with Crippen LogP contribution in [0.25, 0.3) is 33.9 Å². The van der Waals surface area contributed by atoms with Crippen LogP contribution in [0.3, 0.4) is 0 Å². The van der Waals surface area contributed by atoms with Crippen molar-refractivity contribution in [3.8, 4) is 33.9 Å². The maximum absolute atomic E-state index is 13.0. The molecule has 1 N–H and O–H groups in total. The van der Waals surface area contributed by atoms with Gasteiger partial charge in [-0.1, -0.05) is 30.3 Å². The first kappa shape index (κ1) is 26.5. The van der Waals surface area contributed by atoms with Crippen molar-refractivity contribution in [2.75, 3.05) is 0 Å². The van der Waals surface area contributed by atoms with Crippen LogP contribution < -0.4 is 4.72 Å². The normalized spacial score (nSPS) is 12.5. The van der Waals surface area contributed by atoms with E-state index in [1.54, 1.807) is 63.2 Å². The lowest BCUT2D eigenvalue weighted by Gasteiger charge is -2.20. The van der Waals surface area contributed by atoms with Crippen LogP contribution in [-0.4, -0.2) is 23.9 Å². The van der Waals surface area contributed by atoms with E-state index in [-0.39, 0.29) is 4.90 Å². The number of pyridine rings is 2.